The summed E-state index contributed by atoms with van der Waals surface area (Å²) in [5.74, 6) is -1.44. The summed E-state index contributed by atoms with van der Waals surface area (Å²) in [5.41, 5.74) is -0.677. The lowest BCUT2D eigenvalue weighted by atomic mass is 9.98. The highest BCUT2D eigenvalue weighted by Crippen LogP contribution is 2.18. The topological polar surface area (TPSA) is 98.7 Å². The van der Waals surface area contributed by atoms with Crippen LogP contribution < -0.4 is 10.6 Å². The Kier molecular flexibility index (Phi) is 4.26. The minimum atomic E-state index is -1.12. The van der Waals surface area contributed by atoms with E-state index in [4.69, 9.17) is 10.2 Å². The second-order valence-corrected chi connectivity index (χ2v) is 4.24. The summed E-state index contributed by atoms with van der Waals surface area (Å²) in [6.45, 7) is 2.26. The first-order valence-electron chi connectivity index (χ1n) is 5.39. The molecule has 1 unspecified atom stereocenters. The van der Waals surface area contributed by atoms with Crippen molar-refractivity contribution in [2.45, 2.75) is 37.8 Å². The highest BCUT2D eigenvalue weighted by atomic mass is 16.4. The summed E-state index contributed by atoms with van der Waals surface area (Å²) in [4.78, 5) is 22.6. The Morgan fingerprint density at radius 1 is 1.56 bits per heavy atom. The minimum Gasteiger partial charge on any atom is -0.480 e. The smallest absolute Gasteiger partial charge is 0.326 e. The van der Waals surface area contributed by atoms with Crippen molar-refractivity contribution in [3.63, 3.8) is 0 Å². The van der Waals surface area contributed by atoms with Crippen LogP contribution in [-0.2, 0) is 9.59 Å². The van der Waals surface area contributed by atoms with Crippen molar-refractivity contribution < 1.29 is 19.8 Å². The molecule has 0 saturated carbocycles. The average Bonchev–Trinajstić information content (AvgIpc) is 2.65. The van der Waals surface area contributed by atoms with Crippen LogP contribution in [0.5, 0.6) is 0 Å². The predicted molar refractivity (Wildman–Crippen MR) is 56.9 cm³/mol. The molecular formula is C10H18N2O4. The Balaban J connectivity index is 2.57. The summed E-state index contributed by atoms with van der Waals surface area (Å²) in [7, 11) is 0. The first-order valence-corrected chi connectivity index (χ1v) is 5.39. The number of aliphatic hydroxyl groups excluding tert-OH is 1. The number of aliphatic hydroxyl groups is 1. The molecule has 0 aromatic carbocycles. The van der Waals surface area contributed by atoms with Gasteiger partial charge in [-0.25, -0.2) is 4.79 Å². The third-order valence-corrected chi connectivity index (χ3v) is 2.89. The van der Waals surface area contributed by atoms with Gasteiger partial charge in [0.25, 0.3) is 0 Å². The maximum absolute atomic E-state index is 11.8. The number of amides is 1. The third kappa shape index (κ3) is 2.93. The first-order chi connectivity index (χ1) is 7.49. The number of carbonyl (C=O) groups is 2. The molecule has 1 saturated heterocycles. The second kappa shape index (κ2) is 5.27. The molecule has 6 nitrogen and oxygen atoms in total. The number of hydrogen-bond acceptors (Lipinski definition) is 4. The lowest BCUT2D eigenvalue weighted by molar-refractivity contribution is -0.143. The fourth-order valence-corrected chi connectivity index (χ4v) is 1.79. The molecule has 1 aliphatic rings. The molecule has 0 aromatic heterocycles. The lowest BCUT2D eigenvalue weighted by Gasteiger charge is -2.25. The van der Waals surface area contributed by atoms with Gasteiger partial charge < -0.3 is 20.8 Å². The van der Waals surface area contributed by atoms with E-state index in [0.29, 0.717) is 6.42 Å². The van der Waals surface area contributed by atoms with Crippen molar-refractivity contribution in [3.05, 3.63) is 0 Å². The van der Waals surface area contributed by atoms with Gasteiger partial charge in [0.1, 0.15) is 6.04 Å². The van der Waals surface area contributed by atoms with E-state index >= 15 is 0 Å². The predicted octanol–water partition coefficient (Wildman–Crippen LogP) is -0.920. The van der Waals surface area contributed by atoms with Crippen LogP contribution in [0.4, 0.5) is 0 Å². The van der Waals surface area contributed by atoms with E-state index in [9.17, 15) is 9.59 Å². The van der Waals surface area contributed by atoms with E-state index in [1.165, 1.54) is 0 Å². The van der Waals surface area contributed by atoms with E-state index in [2.05, 4.69) is 10.6 Å². The summed E-state index contributed by atoms with van der Waals surface area (Å²) in [5, 5.41) is 23.0. The van der Waals surface area contributed by atoms with Crippen molar-refractivity contribution >= 4 is 11.9 Å². The van der Waals surface area contributed by atoms with Gasteiger partial charge in [0.2, 0.25) is 5.91 Å². The fraction of sp³-hybridized carbons (Fsp3) is 0.800. The van der Waals surface area contributed by atoms with E-state index in [0.717, 1.165) is 13.0 Å². The van der Waals surface area contributed by atoms with Crippen LogP contribution in [0.1, 0.15) is 26.2 Å². The van der Waals surface area contributed by atoms with Gasteiger partial charge in [-0.2, -0.15) is 0 Å². The Labute approximate surface area is 94.0 Å². The Hall–Kier alpha value is -1.14. The van der Waals surface area contributed by atoms with Crippen LogP contribution in [0, 0.1) is 0 Å². The van der Waals surface area contributed by atoms with E-state index < -0.39 is 17.6 Å². The summed E-state index contributed by atoms with van der Waals surface area (Å²) in [6, 6.07) is -1.02. The molecule has 0 radical (unpaired) electrons. The summed E-state index contributed by atoms with van der Waals surface area (Å²) in [6.07, 6.45) is 1.63. The van der Waals surface area contributed by atoms with Crippen LogP contribution in [0.25, 0.3) is 0 Å². The average molecular weight is 230 g/mol. The van der Waals surface area contributed by atoms with Crippen LogP contribution in [-0.4, -0.2) is 46.8 Å². The zero-order valence-electron chi connectivity index (χ0n) is 9.32. The number of rotatable bonds is 5. The molecule has 92 valence electrons. The Morgan fingerprint density at radius 3 is 2.69 bits per heavy atom. The Bertz CT molecular complexity index is 274. The Morgan fingerprint density at radius 2 is 2.25 bits per heavy atom. The van der Waals surface area contributed by atoms with E-state index in [1.54, 1.807) is 6.92 Å². The van der Waals surface area contributed by atoms with Crippen molar-refractivity contribution in [3.8, 4) is 0 Å². The van der Waals surface area contributed by atoms with Gasteiger partial charge in [0, 0.05) is 13.0 Å². The maximum Gasteiger partial charge on any atom is 0.326 e. The molecule has 1 fully saturated rings. The van der Waals surface area contributed by atoms with Crippen LogP contribution in [0.2, 0.25) is 0 Å². The van der Waals surface area contributed by atoms with Crippen molar-refractivity contribution in [2.75, 3.05) is 13.2 Å². The molecule has 2 atom stereocenters. The normalized spacial score (nSPS) is 26.4. The fourth-order valence-electron chi connectivity index (χ4n) is 1.79. The number of aliphatic carboxylic acids is 1. The van der Waals surface area contributed by atoms with Gasteiger partial charge in [-0.05, 0) is 26.3 Å². The van der Waals surface area contributed by atoms with Crippen LogP contribution in [0.3, 0.4) is 0 Å². The minimum absolute atomic E-state index is 0.0250. The van der Waals surface area contributed by atoms with E-state index in [-0.39, 0.29) is 18.9 Å². The first kappa shape index (κ1) is 12.9. The zero-order chi connectivity index (χ0) is 12.2. The maximum atomic E-state index is 11.8. The standard InChI is InChI=1S/C10H18N2O4/c1-10(4-2-5-11-10)9(16)12-7(3-6-13)8(14)15/h7,11,13H,2-6H2,1H3,(H,12,16)(H,14,15)/t7-,10?/m0/s1. The summed E-state index contributed by atoms with van der Waals surface area (Å²) < 4.78 is 0. The third-order valence-electron chi connectivity index (χ3n) is 2.89. The second-order valence-electron chi connectivity index (χ2n) is 4.24. The zero-order valence-corrected chi connectivity index (χ0v) is 9.32. The number of carboxylic acids is 1. The lowest BCUT2D eigenvalue weighted by Crippen LogP contribution is -2.55. The highest BCUT2D eigenvalue weighted by molar-refractivity contribution is 5.90. The molecule has 1 rings (SSSR count). The monoisotopic (exact) mass is 230 g/mol. The SMILES string of the molecule is CC1(C(=O)N[C@@H](CCO)C(=O)O)CCCN1. The largest absolute Gasteiger partial charge is 0.480 e. The molecule has 1 amide bonds. The van der Waals surface area contributed by atoms with Crippen molar-refractivity contribution in [2.24, 2.45) is 0 Å². The highest BCUT2D eigenvalue weighted by Gasteiger charge is 2.37. The molecule has 0 bridgehead atoms. The molecule has 0 spiro atoms. The van der Waals surface area contributed by atoms with Gasteiger partial charge >= 0.3 is 5.97 Å². The van der Waals surface area contributed by atoms with E-state index in [1.807, 2.05) is 0 Å². The van der Waals surface area contributed by atoms with Crippen LogP contribution in [0.15, 0.2) is 0 Å². The van der Waals surface area contributed by atoms with Gasteiger partial charge in [-0.15, -0.1) is 0 Å². The van der Waals surface area contributed by atoms with Crippen molar-refractivity contribution in [1.29, 1.82) is 0 Å². The molecule has 6 heteroatoms. The molecule has 0 aliphatic carbocycles. The van der Waals surface area contributed by atoms with Gasteiger partial charge in [-0.1, -0.05) is 0 Å². The number of carbonyl (C=O) groups excluding carboxylic acids is 1. The molecule has 0 aromatic rings. The number of carboxylic acid groups (broad SMARTS) is 1. The molecule has 16 heavy (non-hydrogen) atoms. The number of nitrogens with one attached hydrogen (secondary N) is 2. The summed E-state index contributed by atoms with van der Waals surface area (Å²) >= 11 is 0. The van der Waals surface area contributed by atoms with Gasteiger partial charge in [0.15, 0.2) is 0 Å². The molecule has 4 N–H and O–H groups in total. The van der Waals surface area contributed by atoms with Gasteiger partial charge in [-0.3, -0.25) is 4.79 Å². The quantitative estimate of drug-likeness (QED) is 0.489. The van der Waals surface area contributed by atoms with Crippen molar-refractivity contribution in [1.82, 2.24) is 10.6 Å². The molecule has 1 aliphatic heterocycles. The van der Waals surface area contributed by atoms with Crippen LogP contribution >= 0.6 is 0 Å². The molecule has 1 heterocycles. The molecular weight excluding hydrogens is 212 g/mol. The van der Waals surface area contributed by atoms with Gasteiger partial charge in [0.05, 0.1) is 5.54 Å². The number of hydrogen-bond donors (Lipinski definition) is 4.